The lowest BCUT2D eigenvalue weighted by atomic mass is 10.2. The van der Waals surface area contributed by atoms with Crippen molar-refractivity contribution in [1.82, 2.24) is 15.1 Å². The summed E-state index contributed by atoms with van der Waals surface area (Å²) in [7, 11) is 0. The zero-order valence-corrected chi connectivity index (χ0v) is 16.9. The molecule has 2 aliphatic rings. The van der Waals surface area contributed by atoms with Crippen molar-refractivity contribution in [2.45, 2.75) is 40.8 Å². The van der Waals surface area contributed by atoms with Crippen LogP contribution in [0.4, 0.5) is 9.52 Å². The Kier molecular flexibility index (Phi) is 5.13. The molecule has 10 heteroatoms. The number of nitrogens with zero attached hydrogens (tertiary/aromatic N) is 3. The number of hydrogen-bond donors (Lipinski definition) is 1. The summed E-state index contributed by atoms with van der Waals surface area (Å²) in [5.41, 5.74) is 0.983. The number of thioether (sulfide) groups is 2. The Morgan fingerprint density at radius 2 is 2.19 bits per heavy atom. The van der Waals surface area contributed by atoms with Crippen LogP contribution in [0.15, 0.2) is 28.6 Å². The first-order chi connectivity index (χ1) is 12.9. The van der Waals surface area contributed by atoms with Gasteiger partial charge in [0.2, 0.25) is 16.9 Å². The van der Waals surface area contributed by atoms with Gasteiger partial charge in [-0.1, -0.05) is 35.2 Å². The van der Waals surface area contributed by atoms with Crippen molar-refractivity contribution in [3.8, 4) is 0 Å². The van der Waals surface area contributed by atoms with E-state index in [0.29, 0.717) is 23.1 Å². The number of hydrogen-bond acceptors (Lipinski definition) is 7. The van der Waals surface area contributed by atoms with E-state index >= 15 is 0 Å². The van der Waals surface area contributed by atoms with Crippen molar-refractivity contribution in [2.75, 3.05) is 11.1 Å². The fourth-order valence-corrected chi connectivity index (χ4v) is 6.39. The molecule has 1 aromatic heterocycles. The van der Waals surface area contributed by atoms with Gasteiger partial charge in [-0.2, -0.15) is 0 Å². The highest BCUT2D eigenvalue weighted by atomic mass is 32.2. The summed E-state index contributed by atoms with van der Waals surface area (Å²) in [5, 5.41) is 11.3. The quantitative estimate of drug-likeness (QED) is 0.586. The van der Waals surface area contributed by atoms with E-state index in [4.69, 9.17) is 0 Å². The summed E-state index contributed by atoms with van der Waals surface area (Å²) in [6, 6.07) is 5.85. The number of carbonyl (C=O) groups excluding carboxylic acids is 2. The van der Waals surface area contributed by atoms with E-state index in [1.165, 1.54) is 35.2 Å². The van der Waals surface area contributed by atoms with Gasteiger partial charge in [0.15, 0.2) is 4.34 Å². The van der Waals surface area contributed by atoms with Crippen LogP contribution in [0.1, 0.15) is 25.3 Å². The van der Waals surface area contributed by atoms with Gasteiger partial charge in [0.05, 0.1) is 4.87 Å². The highest BCUT2D eigenvalue weighted by molar-refractivity contribution is 8.01. The van der Waals surface area contributed by atoms with Crippen molar-refractivity contribution >= 4 is 51.8 Å². The largest absolute Gasteiger partial charge is 0.315 e. The van der Waals surface area contributed by atoms with Crippen molar-refractivity contribution in [3.63, 3.8) is 0 Å². The first kappa shape index (κ1) is 18.7. The van der Waals surface area contributed by atoms with Gasteiger partial charge in [-0.3, -0.25) is 14.9 Å². The van der Waals surface area contributed by atoms with Gasteiger partial charge in [-0.05, 0) is 31.0 Å². The minimum Gasteiger partial charge on any atom is -0.315 e. The van der Waals surface area contributed by atoms with Crippen LogP contribution in [0.3, 0.4) is 0 Å². The van der Waals surface area contributed by atoms with Crippen molar-refractivity contribution < 1.29 is 14.0 Å². The predicted molar refractivity (Wildman–Crippen MR) is 105 cm³/mol. The second kappa shape index (κ2) is 7.40. The van der Waals surface area contributed by atoms with Crippen LogP contribution in [0.5, 0.6) is 0 Å². The number of halogens is 1. The Morgan fingerprint density at radius 3 is 2.96 bits per heavy atom. The van der Waals surface area contributed by atoms with Gasteiger partial charge in [-0.15, -0.1) is 22.0 Å². The Labute approximate surface area is 168 Å². The van der Waals surface area contributed by atoms with Gasteiger partial charge < -0.3 is 4.90 Å². The lowest BCUT2D eigenvalue weighted by Crippen LogP contribution is -2.48. The Hall–Kier alpha value is -1.65. The Morgan fingerprint density at radius 1 is 1.41 bits per heavy atom. The summed E-state index contributed by atoms with van der Waals surface area (Å²) in [6.45, 7) is 2.02. The molecule has 2 amide bonds. The van der Waals surface area contributed by atoms with Crippen molar-refractivity contribution in [2.24, 2.45) is 0 Å². The van der Waals surface area contributed by atoms with Crippen molar-refractivity contribution in [3.05, 3.63) is 35.6 Å². The third-order valence-electron chi connectivity index (χ3n) is 4.66. The van der Waals surface area contributed by atoms with Gasteiger partial charge in [0.25, 0.3) is 0 Å². The maximum Gasteiger partial charge on any atom is 0.249 e. The normalized spacial score (nSPS) is 24.3. The number of rotatable bonds is 5. The van der Waals surface area contributed by atoms with E-state index < -0.39 is 6.04 Å². The fraction of sp³-hybridized carbons (Fsp3) is 0.412. The second-order valence-electron chi connectivity index (χ2n) is 6.54. The molecule has 27 heavy (non-hydrogen) atoms. The molecule has 2 aliphatic heterocycles. The zero-order chi connectivity index (χ0) is 19.0. The third-order valence-corrected chi connectivity index (χ3v) is 8.21. The maximum absolute atomic E-state index is 12.9. The molecule has 6 nitrogen and oxygen atoms in total. The van der Waals surface area contributed by atoms with Crippen LogP contribution in [0.25, 0.3) is 0 Å². The Bertz CT molecular complexity index is 875. The van der Waals surface area contributed by atoms with Gasteiger partial charge >= 0.3 is 0 Å². The molecule has 1 N–H and O–H groups in total. The number of aromatic nitrogens is 2. The lowest BCUT2D eigenvalue weighted by molar-refractivity contribution is -0.135. The van der Waals surface area contributed by atoms with E-state index in [9.17, 15) is 14.0 Å². The molecule has 1 aromatic carbocycles. The molecule has 2 saturated heterocycles. The van der Waals surface area contributed by atoms with E-state index in [1.807, 2.05) is 6.92 Å². The zero-order valence-electron chi connectivity index (χ0n) is 14.5. The fourth-order valence-electron chi connectivity index (χ4n) is 3.25. The molecule has 0 aliphatic carbocycles. The molecule has 3 heterocycles. The molecule has 142 valence electrons. The van der Waals surface area contributed by atoms with Crippen LogP contribution in [-0.2, 0) is 15.3 Å². The third kappa shape index (κ3) is 3.83. The van der Waals surface area contributed by atoms with Crippen LogP contribution in [0.2, 0.25) is 0 Å². The van der Waals surface area contributed by atoms with Crippen LogP contribution in [-0.4, -0.2) is 43.6 Å². The van der Waals surface area contributed by atoms with Gasteiger partial charge in [0.1, 0.15) is 11.9 Å². The molecule has 2 aromatic rings. The first-order valence-electron chi connectivity index (χ1n) is 8.42. The van der Waals surface area contributed by atoms with Gasteiger partial charge in [-0.25, -0.2) is 4.39 Å². The maximum atomic E-state index is 12.9. The minimum atomic E-state index is -0.464. The summed E-state index contributed by atoms with van der Waals surface area (Å²) < 4.78 is 13.7. The Balaban J connectivity index is 1.36. The molecular formula is C17H17FN4O2S3. The number of amides is 2. The smallest absolute Gasteiger partial charge is 0.249 e. The minimum absolute atomic E-state index is 0.0375. The number of nitrogens with one attached hydrogen (secondary N) is 1. The molecular weight excluding hydrogens is 407 g/mol. The lowest BCUT2D eigenvalue weighted by Gasteiger charge is -2.29. The average Bonchev–Trinajstić information content (AvgIpc) is 3.31. The molecule has 4 rings (SSSR count). The van der Waals surface area contributed by atoms with Crippen LogP contribution >= 0.6 is 34.9 Å². The molecule has 2 fully saturated rings. The second-order valence-corrected chi connectivity index (χ2v) is 10.2. The molecule has 0 saturated carbocycles. The molecule has 0 radical (unpaired) electrons. The first-order valence-corrected chi connectivity index (χ1v) is 11.2. The average molecular weight is 425 g/mol. The SMILES string of the molecule is C[C@@]12CCC(=O)N1[C@@H](C(=O)Nc1nnc(SCc3ccc(F)cc3)s1)CS2. The van der Waals surface area contributed by atoms with E-state index in [0.717, 1.165) is 16.3 Å². The van der Waals surface area contributed by atoms with E-state index in [1.54, 1.807) is 28.8 Å². The number of anilines is 1. The summed E-state index contributed by atoms with van der Waals surface area (Å²) >= 11 is 4.43. The van der Waals surface area contributed by atoms with Crippen LogP contribution < -0.4 is 5.32 Å². The topological polar surface area (TPSA) is 75.2 Å². The highest BCUT2D eigenvalue weighted by Gasteiger charge is 2.52. The van der Waals surface area contributed by atoms with Crippen LogP contribution in [0, 0.1) is 5.82 Å². The summed E-state index contributed by atoms with van der Waals surface area (Å²) in [4.78, 5) is 26.3. The summed E-state index contributed by atoms with van der Waals surface area (Å²) in [5.74, 6) is 0.799. The molecule has 0 spiro atoms. The van der Waals surface area contributed by atoms with E-state index in [2.05, 4.69) is 15.5 Å². The highest BCUT2D eigenvalue weighted by Crippen LogP contribution is 2.47. The molecule has 0 unspecified atom stereocenters. The standard InChI is InChI=1S/C17H17FN4O2S3/c1-17-7-6-13(23)22(17)12(9-26-17)14(24)19-15-20-21-16(27-15)25-8-10-2-4-11(18)5-3-10/h2-5,12H,6-9H2,1H3,(H,19,20,24)/t12-,17-/m1/s1. The number of fused-ring (bicyclic) bond motifs is 1. The number of carbonyl (C=O) groups is 2. The predicted octanol–water partition coefficient (Wildman–Crippen LogP) is 3.36. The molecule has 2 atom stereocenters. The van der Waals surface area contributed by atoms with E-state index in [-0.39, 0.29) is 22.5 Å². The van der Waals surface area contributed by atoms with Crippen molar-refractivity contribution in [1.29, 1.82) is 0 Å². The molecule has 0 bridgehead atoms. The summed E-state index contributed by atoms with van der Waals surface area (Å²) in [6.07, 6.45) is 1.28. The monoisotopic (exact) mass is 424 g/mol. The number of benzene rings is 1. The van der Waals surface area contributed by atoms with Gasteiger partial charge in [0, 0.05) is 17.9 Å².